The molecular formula is C25H21FN8O5. The Kier molecular flexibility index (Phi) is 6.20. The molecule has 0 aliphatic carbocycles. The van der Waals surface area contributed by atoms with E-state index in [1.165, 1.54) is 25.6 Å². The van der Waals surface area contributed by atoms with Crippen molar-refractivity contribution in [3.05, 3.63) is 87.9 Å². The fourth-order valence-electron chi connectivity index (χ4n) is 4.18. The number of aromatic nitrogens is 7. The van der Waals surface area contributed by atoms with Crippen molar-refractivity contribution in [1.82, 2.24) is 34.9 Å². The van der Waals surface area contributed by atoms with Crippen molar-refractivity contribution < 1.29 is 23.1 Å². The SMILES string of the molecule is COc1cc(C(Nc2ccc(-c3noc(C)n3)cc2)c2nn(-c3ncccn3)c(=O)[nH]2)c(F)c2c1OCOC2. The minimum absolute atomic E-state index is 0.0142. The Morgan fingerprint density at radius 1 is 1.21 bits per heavy atom. The van der Waals surface area contributed by atoms with Crippen LogP contribution in [-0.4, -0.2) is 48.8 Å². The molecule has 13 nitrogen and oxygen atoms in total. The van der Waals surface area contributed by atoms with Crippen LogP contribution in [0.1, 0.15) is 28.9 Å². The van der Waals surface area contributed by atoms with E-state index in [4.69, 9.17) is 18.7 Å². The summed E-state index contributed by atoms with van der Waals surface area (Å²) < 4.78 is 38.4. The summed E-state index contributed by atoms with van der Waals surface area (Å²) in [5.74, 6) is 1.05. The first-order valence-corrected chi connectivity index (χ1v) is 11.8. The molecule has 0 radical (unpaired) electrons. The van der Waals surface area contributed by atoms with E-state index in [0.29, 0.717) is 23.2 Å². The van der Waals surface area contributed by atoms with Crippen molar-refractivity contribution in [2.45, 2.75) is 19.6 Å². The Bertz CT molecular complexity index is 1680. The molecule has 2 aromatic carbocycles. The molecule has 1 atom stereocenters. The van der Waals surface area contributed by atoms with Crippen LogP contribution in [0.15, 0.2) is 58.1 Å². The van der Waals surface area contributed by atoms with Crippen LogP contribution in [0, 0.1) is 12.7 Å². The number of H-pyrrole nitrogens is 1. The summed E-state index contributed by atoms with van der Waals surface area (Å²) in [6.45, 7) is 1.67. The predicted molar refractivity (Wildman–Crippen MR) is 133 cm³/mol. The number of hydrogen-bond acceptors (Lipinski definition) is 11. The van der Waals surface area contributed by atoms with Crippen molar-refractivity contribution in [3.63, 3.8) is 0 Å². The lowest BCUT2D eigenvalue weighted by atomic mass is 9.99. The number of rotatable bonds is 7. The molecule has 0 saturated heterocycles. The molecule has 2 N–H and O–H groups in total. The third-order valence-corrected chi connectivity index (χ3v) is 6.00. The minimum atomic E-state index is -0.970. The molecular weight excluding hydrogens is 511 g/mol. The molecule has 6 rings (SSSR count). The molecule has 3 aromatic heterocycles. The summed E-state index contributed by atoms with van der Waals surface area (Å²) >= 11 is 0. The van der Waals surface area contributed by atoms with E-state index in [9.17, 15) is 4.79 Å². The molecule has 5 aromatic rings. The zero-order valence-electron chi connectivity index (χ0n) is 20.7. The molecule has 1 aliphatic heterocycles. The van der Waals surface area contributed by atoms with E-state index in [1.54, 1.807) is 37.3 Å². The summed E-state index contributed by atoms with van der Waals surface area (Å²) in [6.07, 6.45) is 2.97. The van der Waals surface area contributed by atoms with Crippen LogP contribution >= 0.6 is 0 Å². The van der Waals surface area contributed by atoms with Gasteiger partial charge in [0.05, 0.1) is 19.3 Å². The number of methoxy groups -OCH3 is 1. The highest BCUT2D eigenvalue weighted by Crippen LogP contribution is 2.41. The molecule has 0 amide bonds. The Labute approximate surface area is 219 Å². The van der Waals surface area contributed by atoms with Gasteiger partial charge in [-0.05, 0) is 36.4 Å². The van der Waals surface area contributed by atoms with Crippen molar-refractivity contribution in [2.75, 3.05) is 19.2 Å². The Morgan fingerprint density at radius 3 is 2.72 bits per heavy atom. The fourth-order valence-corrected chi connectivity index (χ4v) is 4.18. The quantitative estimate of drug-likeness (QED) is 0.318. The Hall–Kier alpha value is -5.11. The number of fused-ring (bicyclic) bond motifs is 1. The number of aryl methyl sites for hydroxylation is 1. The lowest BCUT2D eigenvalue weighted by Gasteiger charge is -2.25. The lowest BCUT2D eigenvalue weighted by Crippen LogP contribution is -2.20. The van der Waals surface area contributed by atoms with Gasteiger partial charge in [-0.1, -0.05) is 5.16 Å². The highest BCUT2D eigenvalue weighted by molar-refractivity contribution is 5.61. The smallest absolute Gasteiger partial charge is 0.350 e. The van der Waals surface area contributed by atoms with Crippen LogP contribution in [0.4, 0.5) is 10.1 Å². The summed E-state index contributed by atoms with van der Waals surface area (Å²) in [5.41, 5.74) is 1.07. The van der Waals surface area contributed by atoms with E-state index in [-0.39, 0.29) is 42.0 Å². The molecule has 198 valence electrons. The largest absolute Gasteiger partial charge is 0.493 e. The predicted octanol–water partition coefficient (Wildman–Crippen LogP) is 2.92. The Balaban J connectivity index is 1.44. The lowest BCUT2D eigenvalue weighted by molar-refractivity contribution is -0.0200. The second-order valence-electron chi connectivity index (χ2n) is 8.47. The topological polar surface area (TPSA) is 155 Å². The third-order valence-electron chi connectivity index (χ3n) is 6.00. The number of halogens is 1. The van der Waals surface area contributed by atoms with Gasteiger partial charge in [-0.2, -0.15) is 4.98 Å². The summed E-state index contributed by atoms with van der Waals surface area (Å²) in [7, 11) is 1.46. The van der Waals surface area contributed by atoms with Gasteiger partial charge < -0.3 is 24.1 Å². The highest BCUT2D eigenvalue weighted by Gasteiger charge is 2.30. The molecule has 14 heteroatoms. The molecule has 0 bridgehead atoms. The van der Waals surface area contributed by atoms with Gasteiger partial charge >= 0.3 is 5.69 Å². The van der Waals surface area contributed by atoms with E-state index in [1.807, 2.05) is 0 Å². The fraction of sp³-hybridized carbons (Fsp3) is 0.200. The van der Waals surface area contributed by atoms with Crippen molar-refractivity contribution >= 4 is 5.69 Å². The van der Waals surface area contributed by atoms with Gasteiger partial charge in [-0.15, -0.1) is 9.78 Å². The second-order valence-corrected chi connectivity index (χ2v) is 8.47. The first kappa shape index (κ1) is 24.2. The monoisotopic (exact) mass is 532 g/mol. The number of benzene rings is 2. The van der Waals surface area contributed by atoms with E-state index >= 15 is 4.39 Å². The number of nitrogens with one attached hydrogen (secondary N) is 2. The van der Waals surface area contributed by atoms with Gasteiger partial charge in [0.15, 0.2) is 24.1 Å². The van der Waals surface area contributed by atoms with Gasteiger partial charge in [-0.3, -0.25) is 4.98 Å². The number of nitrogens with zero attached hydrogens (tertiary/aromatic N) is 6. The number of hydrogen-bond donors (Lipinski definition) is 2. The van der Waals surface area contributed by atoms with Gasteiger partial charge in [0, 0.05) is 36.1 Å². The highest BCUT2D eigenvalue weighted by atomic mass is 19.1. The van der Waals surface area contributed by atoms with Crippen LogP contribution < -0.4 is 20.5 Å². The molecule has 1 aliphatic rings. The summed E-state index contributed by atoms with van der Waals surface area (Å²) in [6, 6.07) is 9.26. The molecule has 1 unspecified atom stereocenters. The van der Waals surface area contributed by atoms with E-state index in [2.05, 4.69) is 35.5 Å². The van der Waals surface area contributed by atoms with Gasteiger partial charge in [0.2, 0.25) is 11.7 Å². The molecule has 0 saturated carbocycles. The maximum atomic E-state index is 16.0. The van der Waals surface area contributed by atoms with E-state index in [0.717, 1.165) is 10.2 Å². The summed E-state index contributed by atoms with van der Waals surface area (Å²) in [5, 5.41) is 11.6. The average Bonchev–Trinajstić information content (AvgIpc) is 3.58. The van der Waals surface area contributed by atoms with Crippen LogP contribution in [0.5, 0.6) is 11.5 Å². The zero-order chi connectivity index (χ0) is 26.9. The zero-order valence-corrected chi connectivity index (χ0v) is 20.7. The summed E-state index contributed by atoms with van der Waals surface area (Å²) in [4.78, 5) is 27.9. The normalized spacial score (nSPS) is 13.4. The number of aromatic amines is 1. The van der Waals surface area contributed by atoms with Crippen LogP contribution in [0.25, 0.3) is 17.3 Å². The third kappa shape index (κ3) is 4.57. The molecule has 4 heterocycles. The first-order chi connectivity index (χ1) is 19.0. The maximum absolute atomic E-state index is 16.0. The van der Waals surface area contributed by atoms with Gasteiger partial charge in [-0.25, -0.2) is 19.2 Å². The van der Waals surface area contributed by atoms with Gasteiger partial charge in [0.25, 0.3) is 5.95 Å². The van der Waals surface area contributed by atoms with E-state index < -0.39 is 17.5 Å². The van der Waals surface area contributed by atoms with Crippen LogP contribution in [0.2, 0.25) is 0 Å². The molecule has 39 heavy (non-hydrogen) atoms. The van der Waals surface area contributed by atoms with Crippen LogP contribution in [0.3, 0.4) is 0 Å². The van der Waals surface area contributed by atoms with Gasteiger partial charge in [0.1, 0.15) is 11.9 Å². The maximum Gasteiger partial charge on any atom is 0.350 e. The molecule has 0 fully saturated rings. The van der Waals surface area contributed by atoms with Crippen LogP contribution in [-0.2, 0) is 11.3 Å². The molecule has 0 spiro atoms. The first-order valence-electron chi connectivity index (χ1n) is 11.8. The second kappa shape index (κ2) is 9.98. The minimum Gasteiger partial charge on any atom is -0.493 e. The Morgan fingerprint density at radius 2 is 2.00 bits per heavy atom. The average molecular weight is 532 g/mol. The standard InChI is InChI=1S/C25H21FN8O5/c1-13-29-22(33-39-13)14-4-6-15(7-5-14)30-20(23-31-25(35)34(32-23)24-27-8-3-9-28-24)16-10-18(36-2)21-17(19(16)26)11-37-12-38-21/h3-10,20,30H,11-12H2,1-2H3,(H,31,32,35). The van der Waals surface area contributed by atoms with Crippen molar-refractivity contribution in [3.8, 4) is 28.8 Å². The van der Waals surface area contributed by atoms with Crippen molar-refractivity contribution in [1.29, 1.82) is 0 Å². The number of ether oxygens (including phenoxy) is 3. The number of anilines is 1. The van der Waals surface area contributed by atoms with Crippen molar-refractivity contribution in [2.24, 2.45) is 0 Å².